The molecule has 0 unspecified atom stereocenters. The van der Waals surface area contributed by atoms with Crippen molar-refractivity contribution in [2.75, 3.05) is 18.1 Å². The third-order valence-electron chi connectivity index (χ3n) is 3.80. The molecule has 7 heteroatoms. The number of Topliss-reactive ketones (excluding diaryl/α,β-unsaturated/α-hetero) is 1. The standard InChI is InChI=1S/C16H16FN3O3/c1-3-23-16(22)13-8-15(19-9-14(21)10(19)2)20(18-13)12-6-4-11(17)5-7-12/h4-8,10H,3,9H2,1-2H3/t10-/m1/s1. The molecule has 1 saturated heterocycles. The van der Waals surface area contributed by atoms with E-state index in [9.17, 15) is 14.0 Å². The zero-order valence-electron chi connectivity index (χ0n) is 12.8. The summed E-state index contributed by atoms with van der Waals surface area (Å²) in [6, 6.07) is 7.07. The van der Waals surface area contributed by atoms with E-state index in [1.165, 1.54) is 16.8 Å². The van der Waals surface area contributed by atoms with Crippen LogP contribution in [0.4, 0.5) is 10.2 Å². The van der Waals surface area contributed by atoms with Gasteiger partial charge >= 0.3 is 5.97 Å². The first-order valence-electron chi connectivity index (χ1n) is 7.33. The van der Waals surface area contributed by atoms with Crippen LogP contribution in [0.2, 0.25) is 0 Å². The first-order chi connectivity index (χ1) is 11.0. The van der Waals surface area contributed by atoms with Crippen molar-refractivity contribution < 1.29 is 18.7 Å². The molecule has 1 fully saturated rings. The Morgan fingerprint density at radius 3 is 2.65 bits per heavy atom. The number of carbonyl (C=O) groups is 2. The normalized spacial score (nSPS) is 17.1. The SMILES string of the molecule is CCOC(=O)c1cc(N2CC(=O)[C@H]2C)n(-c2ccc(F)cc2)n1. The van der Waals surface area contributed by atoms with Gasteiger partial charge in [0.05, 0.1) is 24.9 Å². The van der Waals surface area contributed by atoms with Gasteiger partial charge in [0, 0.05) is 6.07 Å². The first-order valence-corrected chi connectivity index (χ1v) is 7.33. The Hall–Kier alpha value is -2.70. The number of hydrogen-bond acceptors (Lipinski definition) is 5. The van der Waals surface area contributed by atoms with Crippen molar-refractivity contribution >= 4 is 17.6 Å². The minimum atomic E-state index is -0.533. The van der Waals surface area contributed by atoms with Gasteiger partial charge in [0.2, 0.25) is 0 Å². The number of anilines is 1. The third kappa shape index (κ3) is 2.69. The summed E-state index contributed by atoms with van der Waals surface area (Å²) in [5.41, 5.74) is 0.751. The minimum Gasteiger partial charge on any atom is -0.461 e. The second-order valence-corrected chi connectivity index (χ2v) is 5.27. The lowest BCUT2D eigenvalue weighted by atomic mass is 10.0. The number of nitrogens with zero attached hydrogens (tertiary/aromatic N) is 3. The van der Waals surface area contributed by atoms with Crippen molar-refractivity contribution in [1.82, 2.24) is 9.78 Å². The van der Waals surface area contributed by atoms with Crippen molar-refractivity contribution in [3.8, 4) is 5.69 Å². The van der Waals surface area contributed by atoms with E-state index < -0.39 is 5.97 Å². The van der Waals surface area contributed by atoms with E-state index in [0.29, 0.717) is 11.5 Å². The van der Waals surface area contributed by atoms with E-state index in [1.54, 1.807) is 32.0 Å². The average Bonchev–Trinajstić information content (AvgIpc) is 2.97. The molecular formula is C16H16FN3O3. The summed E-state index contributed by atoms with van der Waals surface area (Å²) in [5.74, 6) is -0.170. The number of halogens is 1. The summed E-state index contributed by atoms with van der Waals surface area (Å²) >= 11 is 0. The Morgan fingerprint density at radius 1 is 1.39 bits per heavy atom. The topological polar surface area (TPSA) is 64.4 Å². The Labute approximate surface area is 132 Å². The van der Waals surface area contributed by atoms with Crippen molar-refractivity contribution in [3.63, 3.8) is 0 Å². The number of ketones is 1. The fourth-order valence-electron chi connectivity index (χ4n) is 2.43. The highest BCUT2D eigenvalue weighted by Gasteiger charge is 2.36. The zero-order chi connectivity index (χ0) is 16.6. The van der Waals surface area contributed by atoms with Gasteiger partial charge in [0.15, 0.2) is 11.5 Å². The average molecular weight is 317 g/mol. The summed E-state index contributed by atoms with van der Waals surface area (Å²) < 4.78 is 19.6. The van der Waals surface area contributed by atoms with E-state index in [2.05, 4.69) is 5.10 Å². The van der Waals surface area contributed by atoms with Crippen molar-refractivity contribution in [1.29, 1.82) is 0 Å². The van der Waals surface area contributed by atoms with Crippen LogP contribution in [0.15, 0.2) is 30.3 Å². The molecule has 120 valence electrons. The van der Waals surface area contributed by atoms with Crippen LogP contribution in [0, 0.1) is 5.82 Å². The van der Waals surface area contributed by atoms with Gasteiger partial charge in [-0.05, 0) is 38.1 Å². The maximum Gasteiger partial charge on any atom is 0.358 e. The molecular weight excluding hydrogens is 301 g/mol. The van der Waals surface area contributed by atoms with E-state index in [0.717, 1.165) is 0 Å². The summed E-state index contributed by atoms with van der Waals surface area (Å²) in [6.45, 7) is 4.01. The molecule has 0 N–H and O–H groups in total. The fourth-order valence-corrected chi connectivity index (χ4v) is 2.43. The van der Waals surface area contributed by atoms with Gasteiger partial charge in [0.25, 0.3) is 0 Å². The molecule has 1 aliphatic heterocycles. The second kappa shape index (κ2) is 5.83. The van der Waals surface area contributed by atoms with Gasteiger partial charge in [-0.2, -0.15) is 5.10 Å². The third-order valence-corrected chi connectivity index (χ3v) is 3.80. The van der Waals surface area contributed by atoms with Crippen LogP contribution in [0.1, 0.15) is 24.3 Å². The van der Waals surface area contributed by atoms with Crippen LogP contribution >= 0.6 is 0 Å². The maximum absolute atomic E-state index is 13.1. The van der Waals surface area contributed by atoms with Gasteiger partial charge in [-0.1, -0.05) is 0 Å². The molecule has 1 aromatic heterocycles. The Kier molecular flexibility index (Phi) is 3.85. The Balaban J connectivity index is 2.03. The fraction of sp³-hybridized carbons (Fsp3) is 0.312. The van der Waals surface area contributed by atoms with Crippen LogP contribution < -0.4 is 4.90 Å². The van der Waals surface area contributed by atoms with Gasteiger partial charge in [0.1, 0.15) is 11.6 Å². The lowest BCUT2D eigenvalue weighted by Gasteiger charge is -2.38. The molecule has 1 aromatic carbocycles. The smallest absolute Gasteiger partial charge is 0.358 e. The molecule has 2 aromatic rings. The molecule has 0 spiro atoms. The zero-order valence-corrected chi connectivity index (χ0v) is 12.8. The van der Waals surface area contributed by atoms with Crippen LogP contribution in [0.3, 0.4) is 0 Å². The summed E-state index contributed by atoms with van der Waals surface area (Å²) in [5, 5.41) is 4.26. The summed E-state index contributed by atoms with van der Waals surface area (Å²) in [6.07, 6.45) is 0. The van der Waals surface area contributed by atoms with Crippen LogP contribution in [0.5, 0.6) is 0 Å². The van der Waals surface area contributed by atoms with Gasteiger partial charge in [-0.3, -0.25) is 4.79 Å². The number of hydrogen-bond donors (Lipinski definition) is 0. The number of esters is 1. The lowest BCUT2D eigenvalue weighted by Crippen LogP contribution is -2.56. The number of rotatable bonds is 4. The Bertz CT molecular complexity index is 754. The number of carbonyl (C=O) groups excluding carboxylic acids is 2. The maximum atomic E-state index is 13.1. The highest BCUT2D eigenvalue weighted by Crippen LogP contribution is 2.28. The molecule has 1 atom stereocenters. The van der Waals surface area contributed by atoms with Gasteiger partial charge in [-0.15, -0.1) is 0 Å². The highest BCUT2D eigenvalue weighted by molar-refractivity contribution is 5.99. The van der Waals surface area contributed by atoms with E-state index in [-0.39, 0.29) is 36.5 Å². The molecule has 0 saturated carbocycles. The van der Waals surface area contributed by atoms with E-state index in [4.69, 9.17) is 4.74 Å². The number of aromatic nitrogens is 2. The predicted molar refractivity (Wildman–Crippen MR) is 81.3 cm³/mol. The van der Waals surface area contributed by atoms with Crippen LogP contribution in [-0.2, 0) is 9.53 Å². The quantitative estimate of drug-likeness (QED) is 0.807. The first kappa shape index (κ1) is 15.2. The molecule has 0 aliphatic carbocycles. The van der Waals surface area contributed by atoms with Crippen LogP contribution in [-0.4, -0.2) is 40.7 Å². The predicted octanol–water partition coefficient (Wildman–Crippen LogP) is 1.97. The molecule has 1 aliphatic rings. The molecule has 0 amide bonds. The summed E-state index contributed by atoms with van der Waals surface area (Å²) in [7, 11) is 0. The van der Waals surface area contributed by atoms with E-state index >= 15 is 0 Å². The Morgan fingerprint density at radius 2 is 2.09 bits per heavy atom. The summed E-state index contributed by atoms with van der Waals surface area (Å²) in [4.78, 5) is 25.3. The van der Waals surface area contributed by atoms with Crippen molar-refractivity contribution in [2.45, 2.75) is 19.9 Å². The van der Waals surface area contributed by atoms with Crippen molar-refractivity contribution in [3.05, 3.63) is 41.8 Å². The second-order valence-electron chi connectivity index (χ2n) is 5.27. The van der Waals surface area contributed by atoms with Crippen molar-refractivity contribution in [2.24, 2.45) is 0 Å². The molecule has 2 heterocycles. The number of ether oxygens (including phenoxy) is 1. The highest BCUT2D eigenvalue weighted by atomic mass is 19.1. The van der Waals surface area contributed by atoms with Gasteiger partial charge in [-0.25, -0.2) is 13.9 Å². The van der Waals surface area contributed by atoms with E-state index in [1.807, 2.05) is 4.90 Å². The molecule has 6 nitrogen and oxygen atoms in total. The molecule has 0 bridgehead atoms. The lowest BCUT2D eigenvalue weighted by molar-refractivity contribution is -0.122. The monoisotopic (exact) mass is 317 g/mol. The largest absolute Gasteiger partial charge is 0.461 e. The minimum absolute atomic E-state index is 0.120. The van der Waals surface area contributed by atoms with Crippen LogP contribution in [0.25, 0.3) is 5.69 Å². The molecule has 0 radical (unpaired) electrons. The number of benzene rings is 1. The molecule has 3 rings (SSSR count). The molecule has 23 heavy (non-hydrogen) atoms. The van der Waals surface area contributed by atoms with Gasteiger partial charge < -0.3 is 9.64 Å².